The van der Waals surface area contributed by atoms with Gasteiger partial charge in [0.2, 0.25) is 0 Å². The maximum Gasteiger partial charge on any atom is 0.0613 e. The van der Waals surface area contributed by atoms with Crippen LogP contribution in [0.4, 0.5) is 0 Å². The fraction of sp³-hybridized carbons (Fsp3) is 0.367. The molecule has 0 bridgehead atoms. The van der Waals surface area contributed by atoms with E-state index < -0.39 is 12.2 Å². The molecule has 0 saturated heterocycles. The average Bonchev–Trinajstić information content (AvgIpc) is 2.78. The molecule has 183 valence electrons. The third-order valence-electron chi connectivity index (χ3n) is 6.06. The Morgan fingerprint density at radius 1 is 0.765 bits per heavy atom. The minimum atomic E-state index is -0.443. The molecular formula is C30H36IrNO2-. The molecule has 0 fully saturated rings. The number of aliphatic hydroxyl groups is 2. The summed E-state index contributed by atoms with van der Waals surface area (Å²) in [4.78, 5) is 4.39. The number of pyridine rings is 1. The summed E-state index contributed by atoms with van der Waals surface area (Å²) in [6.07, 6.45) is 1.38. The van der Waals surface area contributed by atoms with Gasteiger partial charge in [0.1, 0.15) is 0 Å². The van der Waals surface area contributed by atoms with E-state index in [9.17, 15) is 10.2 Å². The monoisotopic (exact) mass is 635 g/mol. The maximum atomic E-state index is 9.76. The van der Waals surface area contributed by atoms with Crippen LogP contribution >= 0.6 is 0 Å². The third-order valence-corrected chi connectivity index (χ3v) is 6.06. The molecule has 0 saturated carbocycles. The topological polar surface area (TPSA) is 53.4 Å². The van der Waals surface area contributed by atoms with Gasteiger partial charge in [0, 0.05) is 32.7 Å². The number of benzene rings is 3. The molecule has 1 radical (unpaired) electrons. The van der Waals surface area contributed by atoms with E-state index >= 15 is 0 Å². The van der Waals surface area contributed by atoms with Gasteiger partial charge in [-0.15, -0.1) is 29.1 Å². The van der Waals surface area contributed by atoms with Crippen molar-refractivity contribution in [3.8, 4) is 11.3 Å². The van der Waals surface area contributed by atoms with Crippen molar-refractivity contribution in [1.29, 1.82) is 0 Å². The Kier molecular flexibility index (Phi) is 9.56. The van der Waals surface area contributed by atoms with Crippen molar-refractivity contribution >= 4 is 21.5 Å². The van der Waals surface area contributed by atoms with Crippen LogP contribution in [0, 0.1) is 16.9 Å². The number of nitrogens with zero attached hydrogens (tertiary/aromatic N) is 1. The van der Waals surface area contributed by atoms with Crippen molar-refractivity contribution < 1.29 is 30.3 Å². The van der Waals surface area contributed by atoms with E-state index in [-0.39, 0.29) is 30.9 Å². The van der Waals surface area contributed by atoms with Gasteiger partial charge in [-0.2, -0.15) is 0 Å². The Bertz CT molecular complexity index is 1180. The summed E-state index contributed by atoms with van der Waals surface area (Å²) in [5.41, 5.74) is 1.70. The molecule has 0 aliphatic heterocycles. The van der Waals surface area contributed by atoms with Crippen LogP contribution in [0.2, 0.25) is 0 Å². The van der Waals surface area contributed by atoms with Crippen molar-refractivity contribution in [3.63, 3.8) is 0 Å². The molecule has 0 aliphatic carbocycles. The second-order valence-corrected chi connectivity index (χ2v) is 10.9. The number of aliphatic hydroxyl groups excluding tert-OH is 2. The van der Waals surface area contributed by atoms with Crippen LogP contribution in [0.3, 0.4) is 0 Å². The molecule has 2 unspecified atom stereocenters. The van der Waals surface area contributed by atoms with Gasteiger partial charge in [-0.05, 0) is 28.0 Å². The largest absolute Gasteiger partial charge is 0.392 e. The number of rotatable bonds is 3. The standard InChI is InChI=1S/C19H12N.C11H24O2.Ir/c1-2-6-17-14(5-1)8-9-15-13-16(10-11-18(15)17)19-7-3-4-12-20-19;1-10(2,3)8(12)7-9(13)11(4,5)6;/h1-9,11-13H;8-9,12-13H,7H2,1-6H3;/q-1;;. The molecule has 4 rings (SSSR count). The molecule has 4 aromatic rings. The molecule has 0 aliphatic rings. The first-order chi connectivity index (χ1) is 15.5. The van der Waals surface area contributed by atoms with E-state index in [1.807, 2.05) is 65.9 Å². The molecule has 3 aromatic carbocycles. The van der Waals surface area contributed by atoms with Crippen LogP contribution in [0.5, 0.6) is 0 Å². The zero-order chi connectivity index (χ0) is 24.2. The summed E-state index contributed by atoms with van der Waals surface area (Å²) in [5, 5.41) is 24.5. The third kappa shape index (κ3) is 7.20. The minimum Gasteiger partial charge on any atom is -0.392 e. The molecule has 1 heterocycles. The van der Waals surface area contributed by atoms with Crippen molar-refractivity contribution in [1.82, 2.24) is 4.98 Å². The van der Waals surface area contributed by atoms with Gasteiger partial charge in [-0.1, -0.05) is 101 Å². The molecular weight excluding hydrogens is 599 g/mol. The molecule has 1 aromatic heterocycles. The number of hydrogen-bond acceptors (Lipinski definition) is 3. The predicted octanol–water partition coefficient (Wildman–Crippen LogP) is 7.04. The summed E-state index contributed by atoms with van der Waals surface area (Å²) in [5.74, 6) is 0. The fourth-order valence-electron chi connectivity index (χ4n) is 3.54. The smallest absolute Gasteiger partial charge is 0.0613 e. The van der Waals surface area contributed by atoms with Gasteiger partial charge in [-0.25, -0.2) is 0 Å². The van der Waals surface area contributed by atoms with Crippen molar-refractivity contribution in [2.75, 3.05) is 0 Å². The van der Waals surface area contributed by atoms with Crippen LogP contribution < -0.4 is 0 Å². The average molecular weight is 635 g/mol. The molecule has 0 spiro atoms. The first kappa shape index (κ1) is 28.1. The van der Waals surface area contributed by atoms with Gasteiger partial charge < -0.3 is 15.2 Å². The van der Waals surface area contributed by atoms with E-state index in [2.05, 4.69) is 59.6 Å². The minimum absolute atomic E-state index is 0. The first-order valence-corrected chi connectivity index (χ1v) is 11.6. The quantitative estimate of drug-likeness (QED) is 0.188. The van der Waals surface area contributed by atoms with Gasteiger partial charge in [-0.3, -0.25) is 0 Å². The normalized spacial score (nSPS) is 13.5. The summed E-state index contributed by atoms with van der Waals surface area (Å²) in [7, 11) is 0. The molecule has 2 atom stereocenters. The Balaban J connectivity index is 0.000000258. The van der Waals surface area contributed by atoms with Crippen molar-refractivity contribution in [2.45, 2.75) is 60.2 Å². The van der Waals surface area contributed by atoms with Crippen molar-refractivity contribution in [2.24, 2.45) is 10.8 Å². The molecule has 34 heavy (non-hydrogen) atoms. The Hall–Kier alpha value is -2.10. The molecule has 2 N–H and O–H groups in total. The van der Waals surface area contributed by atoms with Crippen LogP contribution in [0.15, 0.2) is 72.9 Å². The SMILES string of the molecule is CC(C)(C)C(O)CC(O)C(C)(C)C.[Ir].[c-]1cc2c(ccc3ccccc32)cc1-c1ccccn1. The van der Waals surface area contributed by atoms with Gasteiger partial charge >= 0.3 is 0 Å². The van der Waals surface area contributed by atoms with E-state index in [4.69, 9.17) is 0 Å². The van der Waals surface area contributed by atoms with Crippen LogP contribution in [0.1, 0.15) is 48.0 Å². The van der Waals surface area contributed by atoms with Gasteiger partial charge in [0.15, 0.2) is 0 Å². The van der Waals surface area contributed by atoms with E-state index in [0.29, 0.717) is 6.42 Å². The zero-order valence-electron chi connectivity index (χ0n) is 21.0. The Morgan fingerprint density at radius 2 is 1.35 bits per heavy atom. The summed E-state index contributed by atoms with van der Waals surface area (Å²) in [6, 6.07) is 26.3. The maximum absolute atomic E-state index is 9.76. The summed E-state index contributed by atoms with van der Waals surface area (Å²) >= 11 is 0. The van der Waals surface area contributed by atoms with Crippen LogP contribution in [0.25, 0.3) is 32.8 Å². The van der Waals surface area contributed by atoms with E-state index in [0.717, 1.165) is 11.3 Å². The second-order valence-electron chi connectivity index (χ2n) is 10.9. The summed E-state index contributed by atoms with van der Waals surface area (Å²) in [6.45, 7) is 11.9. The number of hydrogen-bond donors (Lipinski definition) is 2. The van der Waals surface area contributed by atoms with Crippen LogP contribution in [-0.4, -0.2) is 27.4 Å². The summed E-state index contributed by atoms with van der Waals surface area (Å²) < 4.78 is 0. The molecule has 0 amide bonds. The van der Waals surface area contributed by atoms with Gasteiger partial charge in [0.25, 0.3) is 0 Å². The first-order valence-electron chi connectivity index (χ1n) is 11.6. The van der Waals surface area contributed by atoms with Gasteiger partial charge in [0.05, 0.1) is 12.2 Å². The predicted molar refractivity (Wildman–Crippen MR) is 139 cm³/mol. The second kappa shape index (κ2) is 11.6. The Labute approximate surface area is 217 Å². The fourth-order valence-corrected chi connectivity index (χ4v) is 3.54. The number of aromatic nitrogens is 1. The molecule has 3 nitrogen and oxygen atoms in total. The van der Waals surface area contributed by atoms with Crippen molar-refractivity contribution in [3.05, 3.63) is 79.0 Å². The van der Waals surface area contributed by atoms with E-state index in [1.165, 1.54) is 21.5 Å². The number of fused-ring (bicyclic) bond motifs is 3. The van der Waals surface area contributed by atoms with Crippen LogP contribution in [-0.2, 0) is 20.1 Å². The Morgan fingerprint density at radius 3 is 1.94 bits per heavy atom. The van der Waals surface area contributed by atoms with E-state index in [1.54, 1.807) is 0 Å². The molecule has 4 heteroatoms. The zero-order valence-corrected chi connectivity index (χ0v) is 23.4.